The lowest BCUT2D eigenvalue weighted by molar-refractivity contribution is -0.162. The van der Waals surface area contributed by atoms with E-state index in [1.54, 1.807) is 24.3 Å². The van der Waals surface area contributed by atoms with Gasteiger partial charge in [0, 0.05) is 6.42 Å². The first kappa shape index (κ1) is 22.1. The Labute approximate surface area is 169 Å². The van der Waals surface area contributed by atoms with E-state index in [0.717, 1.165) is 11.1 Å². The van der Waals surface area contributed by atoms with E-state index in [-0.39, 0.29) is 32.5 Å². The summed E-state index contributed by atoms with van der Waals surface area (Å²) in [5.41, 5.74) is 5.27. The van der Waals surface area contributed by atoms with E-state index in [2.05, 4.69) is 0 Å². The zero-order valence-corrected chi connectivity index (χ0v) is 16.1. The van der Waals surface area contributed by atoms with Crippen molar-refractivity contribution in [3.05, 3.63) is 71.8 Å². The molecule has 0 radical (unpaired) electrons. The second-order valence-electron chi connectivity index (χ2n) is 6.69. The number of esters is 2. The van der Waals surface area contributed by atoms with Crippen molar-refractivity contribution in [1.82, 2.24) is 0 Å². The van der Waals surface area contributed by atoms with Crippen molar-refractivity contribution in [2.75, 3.05) is 0 Å². The van der Waals surface area contributed by atoms with Gasteiger partial charge < -0.3 is 20.3 Å². The summed E-state index contributed by atoms with van der Waals surface area (Å²) < 4.78 is 10.2. The SMILES string of the molecule is NC(CCCCC(=O)OCc1ccccc1)(C(=O)O)C(=O)OCc1ccccc1. The molecule has 0 amide bonds. The van der Waals surface area contributed by atoms with Crippen molar-refractivity contribution >= 4 is 17.9 Å². The minimum Gasteiger partial charge on any atom is -0.479 e. The fourth-order valence-electron chi connectivity index (χ4n) is 2.63. The summed E-state index contributed by atoms with van der Waals surface area (Å²) >= 11 is 0. The number of unbranched alkanes of at least 4 members (excludes halogenated alkanes) is 1. The lowest BCUT2D eigenvalue weighted by atomic mass is 9.93. The van der Waals surface area contributed by atoms with Crippen LogP contribution in [0.3, 0.4) is 0 Å². The third kappa shape index (κ3) is 7.04. The highest BCUT2D eigenvalue weighted by Crippen LogP contribution is 2.17. The Balaban J connectivity index is 1.75. The Bertz CT molecular complexity index is 809. The molecule has 2 aromatic carbocycles. The first-order chi connectivity index (χ1) is 13.9. The van der Waals surface area contributed by atoms with Crippen LogP contribution in [-0.4, -0.2) is 28.6 Å². The normalized spacial score (nSPS) is 12.6. The number of carbonyl (C=O) groups is 3. The molecular formula is C22H25NO6. The molecule has 154 valence electrons. The monoisotopic (exact) mass is 399 g/mol. The van der Waals surface area contributed by atoms with Gasteiger partial charge in [0.05, 0.1) is 0 Å². The molecule has 29 heavy (non-hydrogen) atoms. The van der Waals surface area contributed by atoms with Gasteiger partial charge >= 0.3 is 17.9 Å². The van der Waals surface area contributed by atoms with Gasteiger partial charge in [0.1, 0.15) is 13.2 Å². The van der Waals surface area contributed by atoms with E-state index in [9.17, 15) is 19.5 Å². The van der Waals surface area contributed by atoms with Crippen LogP contribution in [0.1, 0.15) is 36.8 Å². The number of aliphatic carboxylic acids is 1. The maximum atomic E-state index is 12.2. The molecule has 7 nitrogen and oxygen atoms in total. The van der Waals surface area contributed by atoms with Gasteiger partial charge in [0.25, 0.3) is 0 Å². The zero-order valence-electron chi connectivity index (χ0n) is 16.1. The van der Waals surface area contributed by atoms with Crippen LogP contribution in [0.4, 0.5) is 0 Å². The van der Waals surface area contributed by atoms with Gasteiger partial charge in [0.2, 0.25) is 5.54 Å². The van der Waals surface area contributed by atoms with E-state index >= 15 is 0 Å². The molecule has 1 unspecified atom stereocenters. The van der Waals surface area contributed by atoms with Gasteiger partial charge in [-0.15, -0.1) is 0 Å². The van der Waals surface area contributed by atoms with Crippen molar-refractivity contribution in [3.8, 4) is 0 Å². The summed E-state index contributed by atoms with van der Waals surface area (Å²) in [4.78, 5) is 35.6. The Morgan fingerprint density at radius 3 is 1.86 bits per heavy atom. The van der Waals surface area contributed by atoms with Crippen LogP contribution >= 0.6 is 0 Å². The molecule has 0 saturated heterocycles. The first-order valence-electron chi connectivity index (χ1n) is 9.35. The second-order valence-corrected chi connectivity index (χ2v) is 6.69. The molecule has 0 saturated carbocycles. The van der Waals surface area contributed by atoms with Crippen molar-refractivity contribution in [1.29, 1.82) is 0 Å². The number of carbonyl (C=O) groups excluding carboxylic acids is 2. The molecule has 2 aromatic rings. The molecule has 0 aromatic heterocycles. The van der Waals surface area contributed by atoms with E-state index < -0.39 is 23.4 Å². The summed E-state index contributed by atoms with van der Waals surface area (Å²) in [7, 11) is 0. The summed E-state index contributed by atoms with van der Waals surface area (Å²) in [6.07, 6.45) is 0.596. The molecule has 0 aliphatic carbocycles. The standard InChI is InChI=1S/C22H25NO6/c23-22(20(25)26,21(27)29-16-18-11-5-2-6-12-18)14-8-7-13-19(24)28-15-17-9-3-1-4-10-17/h1-6,9-12H,7-8,13-16,23H2,(H,25,26). The van der Waals surface area contributed by atoms with Gasteiger partial charge in [-0.05, 0) is 30.4 Å². The number of hydrogen-bond acceptors (Lipinski definition) is 6. The highest BCUT2D eigenvalue weighted by atomic mass is 16.5. The fourth-order valence-corrected chi connectivity index (χ4v) is 2.63. The van der Waals surface area contributed by atoms with Crippen molar-refractivity contribution in [2.24, 2.45) is 5.73 Å². The minimum absolute atomic E-state index is 0.0578. The Morgan fingerprint density at radius 1 is 0.828 bits per heavy atom. The minimum atomic E-state index is -2.15. The summed E-state index contributed by atoms with van der Waals surface area (Å²) in [6, 6.07) is 18.2. The number of carboxylic acid groups (broad SMARTS) is 1. The molecule has 3 N–H and O–H groups in total. The van der Waals surface area contributed by atoms with Crippen LogP contribution in [0.5, 0.6) is 0 Å². The smallest absolute Gasteiger partial charge is 0.338 e. The molecule has 0 heterocycles. The van der Waals surface area contributed by atoms with Crippen molar-refractivity contribution in [2.45, 2.75) is 44.4 Å². The predicted molar refractivity (Wildman–Crippen MR) is 105 cm³/mol. The van der Waals surface area contributed by atoms with Crippen LogP contribution in [0, 0.1) is 0 Å². The van der Waals surface area contributed by atoms with Gasteiger partial charge in [-0.3, -0.25) is 4.79 Å². The molecule has 2 rings (SSSR count). The molecule has 7 heteroatoms. The maximum absolute atomic E-state index is 12.2. The van der Waals surface area contributed by atoms with E-state index in [4.69, 9.17) is 15.2 Å². The first-order valence-corrected chi connectivity index (χ1v) is 9.35. The van der Waals surface area contributed by atoms with Crippen LogP contribution in [0.2, 0.25) is 0 Å². The number of carboxylic acids is 1. The van der Waals surface area contributed by atoms with Gasteiger partial charge in [-0.1, -0.05) is 60.7 Å². The van der Waals surface area contributed by atoms with E-state index in [1.165, 1.54) is 0 Å². The van der Waals surface area contributed by atoms with Crippen molar-refractivity contribution < 1.29 is 29.0 Å². The Kier molecular flexibility index (Phi) is 8.36. The van der Waals surface area contributed by atoms with Crippen LogP contribution in [0.15, 0.2) is 60.7 Å². The molecule has 0 aliphatic heterocycles. The largest absolute Gasteiger partial charge is 0.479 e. The third-order valence-electron chi connectivity index (χ3n) is 4.40. The fraction of sp³-hybridized carbons (Fsp3) is 0.318. The van der Waals surface area contributed by atoms with Gasteiger partial charge in [-0.25, -0.2) is 9.59 Å². The molecule has 0 bridgehead atoms. The van der Waals surface area contributed by atoms with E-state index in [1.807, 2.05) is 36.4 Å². The quantitative estimate of drug-likeness (QED) is 0.339. The summed E-state index contributed by atoms with van der Waals surface area (Å²) in [5, 5.41) is 9.40. The third-order valence-corrected chi connectivity index (χ3v) is 4.40. The lowest BCUT2D eigenvalue weighted by Gasteiger charge is -2.22. The van der Waals surface area contributed by atoms with Crippen LogP contribution in [-0.2, 0) is 37.1 Å². The van der Waals surface area contributed by atoms with Crippen LogP contribution in [0.25, 0.3) is 0 Å². The second kappa shape index (κ2) is 11.0. The maximum Gasteiger partial charge on any atom is 0.338 e. The summed E-state index contributed by atoms with van der Waals surface area (Å²) in [5.74, 6) is -2.85. The molecule has 0 spiro atoms. The molecular weight excluding hydrogens is 374 g/mol. The van der Waals surface area contributed by atoms with Gasteiger partial charge in [-0.2, -0.15) is 0 Å². The van der Waals surface area contributed by atoms with E-state index in [0.29, 0.717) is 6.42 Å². The number of benzene rings is 2. The topological polar surface area (TPSA) is 116 Å². The highest BCUT2D eigenvalue weighted by Gasteiger charge is 2.43. The zero-order chi connectivity index (χ0) is 21.1. The summed E-state index contributed by atoms with van der Waals surface area (Å²) in [6.45, 7) is 0.124. The Morgan fingerprint density at radius 2 is 1.34 bits per heavy atom. The molecule has 0 aliphatic rings. The average molecular weight is 399 g/mol. The Hall–Kier alpha value is -3.19. The average Bonchev–Trinajstić information content (AvgIpc) is 2.74. The number of rotatable bonds is 11. The number of nitrogens with two attached hydrogens (primary N) is 1. The van der Waals surface area contributed by atoms with Crippen molar-refractivity contribution in [3.63, 3.8) is 0 Å². The lowest BCUT2D eigenvalue weighted by Crippen LogP contribution is -2.55. The molecule has 0 fully saturated rings. The predicted octanol–water partition coefficient (Wildman–Crippen LogP) is 2.82. The highest BCUT2D eigenvalue weighted by molar-refractivity contribution is 6.03. The van der Waals surface area contributed by atoms with Gasteiger partial charge in [0.15, 0.2) is 0 Å². The number of hydrogen-bond donors (Lipinski definition) is 2. The molecule has 1 atom stereocenters. The number of ether oxygens (including phenoxy) is 2. The van der Waals surface area contributed by atoms with Crippen LogP contribution < -0.4 is 5.73 Å².